The normalized spacial score (nSPS) is 10.9. The van der Waals surface area contributed by atoms with Crippen molar-refractivity contribution in [1.82, 2.24) is 9.38 Å². The lowest BCUT2D eigenvalue weighted by atomic mass is 10.2. The monoisotopic (exact) mass is 405 g/mol. The van der Waals surface area contributed by atoms with Crippen LogP contribution in [0, 0.1) is 0 Å². The molecule has 0 bridgehead atoms. The Morgan fingerprint density at radius 3 is 2.46 bits per heavy atom. The summed E-state index contributed by atoms with van der Waals surface area (Å²) in [6.45, 7) is 0. The number of aromatic nitrogens is 2. The standard InChI is InChI=1S/C22H19N3OS2/c1-27-19-11-7-17(8-12-19)24-22(26)16-5-9-20(10-6-16)28-15-18-14-25-13-3-2-4-21(25)23-18/h2-14H,15H2,1H3,(H,24,26). The summed E-state index contributed by atoms with van der Waals surface area (Å²) in [5.74, 6) is 0.684. The quantitative estimate of drug-likeness (QED) is 0.424. The first-order valence-electron chi connectivity index (χ1n) is 8.82. The molecule has 1 N–H and O–H groups in total. The second-order valence-corrected chi connectivity index (χ2v) is 8.12. The SMILES string of the molecule is CSc1ccc(NC(=O)c2ccc(SCc3cn4ccccc4n3)cc2)cc1. The van der Waals surface area contributed by atoms with Gasteiger partial charge in [-0.2, -0.15) is 0 Å². The van der Waals surface area contributed by atoms with Gasteiger partial charge in [0, 0.05) is 39.2 Å². The van der Waals surface area contributed by atoms with E-state index in [0.29, 0.717) is 5.56 Å². The van der Waals surface area contributed by atoms with E-state index < -0.39 is 0 Å². The zero-order valence-corrected chi connectivity index (χ0v) is 17.0. The maximum absolute atomic E-state index is 12.4. The number of nitrogens with zero attached hydrogens (tertiary/aromatic N) is 2. The molecule has 0 saturated carbocycles. The molecular formula is C22H19N3OS2. The van der Waals surface area contributed by atoms with E-state index >= 15 is 0 Å². The molecule has 28 heavy (non-hydrogen) atoms. The Morgan fingerprint density at radius 1 is 1.00 bits per heavy atom. The van der Waals surface area contributed by atoms with E-state index in [1.807, 2.05) is 89.8 Å². The van der Waals surface area contributed by atoms with Crippen molar-refractivity contribution in [2.75, 3.05) is 11.6 Å². The van der Waals surface area contributed by atoms with Gasteiger partial charge in [0.1, 0.15) is 5.65 Å². The number of pyridine rings is 1. The molecule has 2 aromatic carbocycles. The van der Waals surface area contributed by atoms with Crippen LogP contribution in [0.5, 0.6) is 0 Å². The number of carbonyl (C=O) groups excluding carboxylic acids is 1. The number of amides is 1. The number of hydrogen-bond donors (Lipinski definition) is 1. The molecular weight excluding hydrogens is 386 g/mol. The number of rotatable bonds is 6. The average Bonchev–Trinajstić information content (AvgIpc) is 3.16. The van der Waals surface area contributed by atoms with Crippen molar-refractivity contribution in [1.29, 1.82) is 0 Å². The van der Waals surface area contributed by atoms with Crippen LogP contribution >= 0.6 is 23.5 Å². The van der Waals surface area contributed by atoms with Crippen LogP contribution in [0.25, 0.3) is 5.65 Å². The van der Waals surface area contributed by atoms with Gasteiger partial charge < -0.3 is 9.72 Å². The minimum Gasteiger partial charge on any atom is -0.322 e. The smallest absolute Gasteiger partial charge is 0.255 e. The van der Waals surface area contributed by atoms with Gasteiger partial charge in [0.15, 0.2) is 0 Å². The number of hydrogen-bond acceptors (Lipinski definition) is 4. The summed E-state index contributed by atoms with van der Waals surface area (Å²) in [5.41, 5.74) is 3.43. The highest BCUT2D eigenvalue weighted by molar-refractivity contribution is 7.98. The van der Waals surface area contributed by atoms with Crippen LogP contribution in [0.3, 0.4) is 0 Å². The van der Waals surface area contributed by atoms with Crippen LogP contribution in [-0.4, -0.2) is 21.5 Å². The van der Waals surface area contributed by atoms with E-state index in [-0.39, 0.29) is 5.91 Å². The van der Waals surface area contributed by atoms with Gasteiger partial charge in [-0.3, -0.25) is 4.79 Å². The third-order valence-corrected chi connectivity index (χ3v) is 6.05. The van der Waals surface area contributed by atoms with Gasteiger partial charge in [0.2, 0.25) is 0 Å². The van der Waals surface area contributed by atoms with E-state index in [9.17, 15) is 4.79 Å². The molecule has 0 spiro atoms. The van der Waals surface area contributed by atoms with Crippen molar-refractivity contribution < 1.29 is 4.79 Å². The fraction of sp³-hybridized carbons (Fsp3) is 0.0909. The Balaban J connectivity index is 1.36. The zero-order chi connectivity index (χ0) is 19.3. The summed E-state index contributed by atoms with van der Waals surface area (Å²) in [5, 5.41) is 2.93. The van der Waals surface area contributed by atoms with Crippen LogP contribution in [0.2, 0.25) is 0 Å². The van der Waals surface area contributed by atoms with Gasteiger partial charge in [-0.25, -0.2) is 4.98 Å². The van der Waals surface area contributed by atoms with Gasteiger partial charge >= 0.3 is 0 Å². The van der Waals surface area contributed by atoms with Crippen molar-refractivity contribution in [3.63, 3.8) is 0 Å². The average molecular weight is 406 g/mol. The van der Waals surface area contributed by atoms with Gasteiger partial charge in [-0.15, -0.1) is 23.5 Å². The highest BCUT2D eigenvalue weighted by Gasteiger charge is 2.07. The summed E-state index contributed by atoms with van der Waals surface area (Å²) >= 11 is 3.38. The third kappa shape index (κ3) is 4.40. The minimum atomic E-state index is -0.103. The molecule has 0 fully saturated rings. The number of carbonyl (C=O) groups is 1. The van der Waals surface area contributed by atoms with Crippen LogP contribution in [0.4, 0.5) is 5.69 Å². The molecule has 1 amide bonds. The molecule has 6 heteroatoms. The minimum absolute atomic E-state index is 0.103. The number of imidazole rings is 1. The van der Waals surface area contributed by atoms with Gasteiger partial charge in [0.25, 0.3) is 5.91 Å². The van der Waals surface area contributed by atoms with Gasteiger partial charge in [-0.05, 0) is 66.9 Å². The highest BCUT2D eigenvalue weighted by Crippen LogP contribution is 2.23. The van der Waals surface area contributed by atoms with Crippen LogP contribution in [0.1, 0.15) is 16.1 Å². The largest absolute Gasteiger partial charge is 0.322 e. The number of nitrogens with one attached hydrogen (secondary N) is 1. The lowest BCUT2D eigenvalue weighted by Crippen LogP contribution is -2.11. The molecule has 0 saturated heterocycles. The molecule has 2 aromatic heterocycles. The Morgan fingerprint density at radius 2 is 1.75 bits per heavy atom. The van der Waals surface area contributed by atoms with Crippen LogP contribution in [-0.2, 0) is 5.75 Å². The van der Waals surface area contributed by atoms with Gasteiger partial charge in [-0.1, -0.05) is 6.07 Å². The van der Waals surface area contributed by atoms with Gasteiger partial charge in [0.05, 0.1) is 5.69 Å². The number of anilines is 1. The van der Waals surface area contributed by atoms with E-state index in [4.69, 9.17) is 0 Å². The summed E-state index contributed by atoms with van der Waals surface area (Å²) in [7, 11) is 0. The van der Waals surface area contributed by atoms with Crippen molar-refractivity contribution in [2.45, 2.75) is 15.5 Å². The molecule has 4 nitrogen and oxygen atoms in total. The molecule has 4 rings (SSSR count). The van der Waals surface area contributed by atoms with Crippen LogP contribution in [0.15, 0.2) is 88.9 Å². The number of benzene rings is 2. The molecule has 0 unspecified atom stereocenters. The summed E-state index contributed by atoms with van der Waals surface area (Å²) in [4.78, 5) is 19.3. The van der Waals surface area contributed by atoms with Crippen molar-refractivity contribution >= 4 is 40.8 Å². The van der Waals surface area contributed by atoms with Crippen molar-refractivity contribution in [3.8, 4) is 0 Å². The van der Waals surface area contributed by atoms with Crippen molar-refractivity contribution in [3.05, 3.63) is 90.4 Å². The molecule has 2 heterocycles. The number of fused-ring (bicyclic) bond motifs is 1. The van der Waals surface area contributed by atoms with E-state index in [0.717, 1.165) is 27.7 Å². The Labute approximate surface area is 172 Å². The molecule has 0 aliphatic heterocycles. The topological polar surface area (TPSA) is 46.4 Å². The maximum atomic E-state index is 12.4. The maximum Gasteiger partial charge on any atom is 0.255 e. The molecule has 140 valence electrons. The molecule has 0 atom stereocenters. The summed E-state index contributed by atoms with van der Waals surface area (Å²) < 4.78 is 2.02. The zero-order valence-electron chi connectivity index (χ0n) is 15.3. The number of thioether (sulfide) groups is 2. The third-order valence-electron chi connectivity index (χ3n) is 4.26. The first kappa shape index (κ1) is 18.7. The van der Waals surface area contributed by atoms with E-state index in [1.165, 1.54) is 4.90 Å². The molecule has 4 aromatic rings. The van der Waals surface area contributed by atoms with Crippen LogP contribution < -0.4 is 5.32 Å². The van der Waals surface area contributed by atoms with E-state index in [1.54, 1.807) is 23.5 Å². The molecule has 0 aliphatic carbocycles. The Bertz CT molecular complexity index is 1060. The first-order chi connectivity index (χ1) is 13.7. The fourth-order valence-corrected chi connectivity index (χ4v) is 3.98. The molecule has 0 radical (unpaired) electrons. The summed E-state index contributed by atoms with van der Waals surface area (Å²) in [6, 6.07) is 21.5. The lowest BCUT2D eigenvalue weighted by Gasteiger charge is -2.07. The van der Waals surface area contributed by atoms with E-state index in [2.05, 4.69) is 10.3 Å². The second kappa shape index (κ2) is 8.54. The van der Waals surface area contributed by atoms with Crippen molar-refractivity contribution in [2.24, 2.45) is 0 Å². The predicted octanol–water partition coefficient (Wildman–Crippen LogP) is 5.60. The summed E-state index contributed by atoms with van der Waals surface area (Å²) in [6.07, 6.45) is 6.08. The highest BCUT2D eigenvalue weighted by atomic mass is 32.2. The molecule has 0 aliphatic rings. The first-order valence-corrected chi connectivity index (χ1v) is 11.0. The predicted molar refractivity (Wildman–Crippen MR) is 117 cm³/mol. The Hall–Kier alpha value is -2.70. The lowest BCUT2D eigenvalue weighted by molar-refractivity contribution is 0.102. The fourth-order valence-electron chi connectivity index (χ4n) is 2.79. The Kier molecular flexibility index (Phi) is 5.69. The second-order valence-electron chi connectivity index (χ2n) is 6.19.